The number of amides is 1. The van der Waals surface area contributed by atoms with Crippen molar-refractivity contribution < 1.29 is 9.53 Å². The number of rotatable bonds is 5. The molecule has 0 spiro atoms. The number of carbonyl (C=O) groups excluding carboxylic acids is 1. The molecule has 5 heteroatoms. The summed E-state index contributed by atoms with van der Waals surface area (Å²) in [5.41, 5.74) is 6.67. The van der Waals surface area contributed by atoms with Gasteiger partial charge >= 0.3 is 0 Å². The van der Waals surface area contributed by atoms with E-state index in [1.165, 1.54) is 0 Å². The zero-order valence-electron chi connectivity index (χ0n) is 17.7. The summed E-state index contributed by atoms with van der Waals surface area (Å²) in [6.07, 6.45) is 3.85. The normalized spacial score (nSPS) is 10.9. The van der Waals surface area contributed by atoms with Crippen molar-refractivity contribution in [3.63, 3.8) is 0 Å². The van der Waals surface area contributed by atoms with Gasteiger partial charge in [0.1, 0.15) is 11.4 Å². The minimum Gasteiger partial charge on any atom is -0.493 e. The molecular weight excluding hydrogens is 374 g/mol. The van der Waals surface area contributed by atoms with Gasteiger partial charge in [-0.25, -0.2) is 4.98 Å². The minimum atomic E-state index is -0.0171. The zero-order chi connectivity index (χ0) is 21.3. The Hall–Kier alpha value is -3.60. The molecule has 0 atom stereocenters. The summed E-state index contributed by atoms with van der Waals surface area (Å²) in [6, 6.07) is 15.7. The second-order valence-corrected chi connectivity index (χ2v) is 7.43. The smallest absolute Gasteiger partial charge is 0.253 e. The van der Waals surface area contributed by atoms with Crippen LogP contribution in [0.15, 0.2) is 60.9 Å². The molecule has 0 aliphatic rings. The number of aryl methyl sites for hydroxylation is 1. The predicted molar refractivity (Wildman–Crippen MR) is 121 cm³/mol. The first-order valence-electron chi connectivity index (χ1n) is 10.0. The van der Waals surface area contributed by atoms with Crippen molar-refractivity contribution in [1.29, 1.82) is 0 Å². The van der Waals surface area contributed by atoms with Crippen molar-refractivity contribution >= 4 is 16.9 Å². The van der Waals surface area contributed by atoms with Crippen LogP contribution in [0.1, 0.15) is 22.8 Å². The summed E-state index contributed by atoms with van der Waals surface area (Å²) in [5.74, 6) is 0.834. The molecular formula is C25H25N3O2. The summed E-state index contributed by atoms with van der Waals surface area (Å²) in [6.45, 7) is 4.69. The van der Waals surface area contributed by atoms with Gasteiger partial charge in [-0.15, -0.1) is 0 Å². The molecule has 0 aliphatic heterocycles. The molecule has 152 valence electrons. The van der Waals surface area contributed by atoms with Crippen molar-refractivity contribution in [3.05, 3.63) is 72.1 Å². The number of hydrogen-bond acceptors (Lipinski definition) is 3. The summed E-state index contributed by atoms with van der Waals surface area (Å²) >= 11 is 0. The third-order valence-electron chi connectivity index (χ3n) is 5.26. The lowest BCUT2D eigenvalue weighted by Crippen LogP contribution is -2.21. The van der Waals surface area contributed by atoms with Gasteiger partial charge in [0.25, 0.3) is 5.91 Å². The number of aromatic amines is 1. The number of pyridine rings is 1. The first kappa shape index (κ1) is 19.7. The fourth-order valence-corrected chi connectivity index (χ4v) is 3.81. The van der Waals surface area contributed by atoms with Crippen LogP contribution in [-0.2, 0) is 0 Å². The Bertz CT molecular complexity index is 1220. The fraction of sp³-hybridized carbons (Fsp3) is 0.200. The number of aromatic nitrogens is 2. The molecule has 0 saturated carbocycles. The van der Waals surface area contributed by atoms with E-state index in [2.05, 4.69) is 23.0 Å². The predicted octanol–water partition coefficient (Wildman–Crippen LogP) is 5.31. The second-order valence-electron chi connectivity index (χ2n) is 7.43. The van der Waals surface area contributed by atoms with Crippen LogP contribution in [0.4, 0.5) is 0 Å². The molecule has 5 nitrogen and oxygen atoms in total. The minimum absolute atomic E-state index is 0.0171. The maximum atomic E-state index is 12.4. The highest BCUT2D eigenvalue weighted by molar-refractivity contribution is 6.01. The van der Waals surface area contributed by atoms with Gasteiger partial charge in [-0.2, -0.15) is 0 Å². The van der Waals surface area contributed by atoms with Gasteiger partial charge in [-0.05, 0) is 43.2 Å². The molecule has 4 aromatic rings. The van der Waals surface area contributed by atoms with Crippen LogP contribution >= 0.6 is 0 Å². The molecule has 0 fully saturated rings. The molecule has 30 heavy (non-hydrogen) atoms. The summed E-state index contributed by atoms with van der Waals surface area (Å²) in [4.78, 5) is 21.9. The van der Waals surface area contributed by atoms with Crippen molar-refractivity contribution in [2.75, 3.05) is 20.7 Å². The lowest BCUT2D eigenvalue weighted by Gasteiger charge is -2.13. The third-order valence-corrected chi connectivity index (χ3v) is 5.26. The van der Waals surface area contributed by atoms with Crippen molar-refractivity contribution in [2.24, 2.45) is 0 Å². The largest absolute Gasteiger partial charge is 0.493 e. The number of benzene rings is 2. The molecule has 0 saturated heterocycles. The first-order valence-corrected chi connectivity index (χ1v) is 10.0. The Morgan fingerprint density at radius 1 is 1.07 bits per heavy atom. The molecule has 4 rings (SSSR count). The number of fused-ring (bicyclic) bond motifs is 1. The van der Waals surface area contributed by atoms with Gasteiger partial charge in [-0.1, -0.05) is 30.3 Å². The van der Waals surface area contributed by atoms with Crippen LogP contribution in [0.2, 0.25) is 0 Å². The van der Waals surface area contributed by atoms with E-state index in [1.807, 2.05) is 61.8 Å². The van der Waals surface area contributed by atoms with E-state index >= 15 is 0 Å². The van der Waals surface area contributed by atoms with E-state index < -0.39 is 0 Å². The zero-order valence-corrected chi connectivity index (χ0v) is 17.7. The highest BCUT2D eigenvalue weighted by Gasteiger charge is 2.17. The molecule has 0 bridgehead atoms. The Labute approximate surface area is 176 Å². The highest BCUT2D eigenvalue weighted by atomic mass is 16.5. The summed E-state index contributed by atoms with van der Waals surface area (Å²) in [7, 11) is 3.52. The highest BCUT2D eigenvalue weighted by Crippen LogP contribution is 2.38. The third kappa shape index (κ3) is 3.43. The fourth-order valence-electron chi connectivity index (χ4n) is 3.81. The van der Waals surface area contributed by atoms with E-state index in [4.69, 9.17) is 4.74 Å². The quantitative estimate of drug-likeness (QED) is 0.495. The van der Waals surface area contributed by atoms with Gasteiger partial charge in [0.15, 0.2) is 0 Å². The summed E-state index contributed by atoms with van der Waals surface area (Å²) < 4.78 is 5.85. The molecule has 0 unspecified atom stereocenters. The molecule has 1 amide bonds. The van der Waals surface area contributed by atoms with Gasteiger partial charge < -0.3 is 14.6 Å². The molecule has 2 aromatic heterocycles. The van der Waals surface area contributed by atoms with Gasteiger partial charge in [0, 0.05) is 54.1 Å². The monoisotopic (exact) mass is 399 g/mol. The van der Waals surface area contributed by atoms with E-state index in [-0.39, 0.29) is 5.91 Å². The lowest BCUT2D eigenvalue weighted by atomic mass is 9.95. The standard InChI is InChI=1S/C25H25N3O2/c1-5-30-22-12-7-6-11-19(22)21-15-27-24-23(21)16(2)20(14-26-24)17-9-8-10-18(13-17)25(29)28(3)4/h6-15H,5H2,1-4H3,(H,26,27). The summed E-state index contributed by atoms with van der Waals surface area (Å²) in [5, 5.41) is 1.06. The Morgan fingerprint density at radius 2 is 1.87 bits per heavy atom. The van der Waals surface area contributed by atoms with Crippen molar-refractivity contribution in [2.45, 2.75) is 13.8 Å². The Kier molecular flexibility index (Phi) is 5.27. The van der Waals surface area contributed by atoms with E-state index in [0.717, 1.165) is 44.6 Å². The number of nitrogens with one attached hydrogen (secondary N) is 1. The SMILES string of the molecule is CCOc1ccccc1-c1c[nH]c2ncc(-c3cccc(C(=O)N(C)C)c3)c(C)c12. The first-order chi connectivity index (χ1) is 14.5. The molecule has 1 N–H and O–H groups in total. The maximum absolute atomic E-state index is 12.4. The lowest BCUT2D eigenvalue weighted by molar-refractivity contribution is 0.0827. The van der Waals surface area contributed by atoms with Crippen molar-refractivity contribution in [1.82, 2.24) is 14.9 Å². The van der Waals surface area contributed by atoms with Crippen LogP contribution in [0.3, 0.4) is 0 Å². The number of ether oxygens (including phenoxy) is 1. The second kappa shape index (κ2) is 8.03. The van der Waals surface area contributed by atoms with E-state index in [0.29, 0.717) is 12.2 Å². The topological polar surface area (TPSA) is 58.2 Å². The molecule has 0 radical (unpaired) electrons. The van der Waals surface area contributed by atoms with Crippen LogP contribution in [-0.4, -0.2) is 41.5 Å². The number of H-pyrrole nitrogens is 1. The van der Waals surface area contributed by atoms with Gasteiger partial charge in [0.05, 0.1) is 6.61 Å². The number of para-hydroxylation sites is 1. The van der Waals surface area contributed by atoms with Gasteiger partial charge in [-0.3, -0.25) is 4.79 Å². The number of hydrogen-bond donors (Lipinski definition) is 1. The van der Waals surface area contributed by atoms with E-state index in [1.54, 1.807) is 19.0 Å². The van der Waals surface area contributed by atoms with Crippen LogP contribution in [0.25, 0.3) is 33.3 Å². The Balaban J connectivity index is 1.88. The van der Waals surface area contributed by atoms with Crippen molar-refractivity contribution in [3.8, 4) is 28.0 Å². The average molecular weight is 399 g/mol. The number of nitrogens with zero attached hydrogens (tertiary/aromatic N) is 2. The van der Waals surface area contributed by atoms with E-state index in [9.17, 15) is 4.79 Å². The van der Waals surface area contributed by atoms with Crippen LogP contribution < -0.4 is 4.74 Å². The van der Waals surface area contributed by atoms with Crippen LogP contribution in [0, 0.1) is 6.92 Å². The maximum Gasteiger partial charge on any atom is 0.253 e. The molecule has 2 aromatic carbocycles. The van der Waals surface area contributed by atoms with Gasteiger partial charge in [0.2, 0.25) is 0 Å². The van der Waals surface area contributed by atoms with Crippen LogP contribution in [0.5, 0.6) is 5.75 Å². The molecule has 0 aliphatic carbocycles. The Morgan fingerprint density at radius 3 is 2.63 bits per heavy atom. The number of carbonyl (C=O) groups is 1. The molecule has 2 heterocycles. The average Bonchev–Trinajstić information content (AvgIpc) is 3.19.